The average molecular weight is 295 g/mol. The van der Waals surface area contributed by atoms with Crippen molar-refractivity contribution < 1.29 is 9.47 Å². The van der Waals surface area contributed by atoms with Crippen LogP contribution in [-0.4, -0.2) is 29.8 Å². The summed E-state index contributed by atoms with van der Waals surface area (Å²) in [6.45, 7) is 1.23. The molecule has 1 aromatic heterocycles. The number of nitrogens with zero attached hydrogens (tertiary/aromatic N) is 2. The van der Waals surface area contributed by atoms with Crippen molar-refractivity contribution in [1.29, 1.82) is 0 Å². The van der Waals surface area contributed by atoms with E-state index < -0.39 is 0 Å². The quantitative estimate of drug-likeness (QED) is 0.875. The van der Waals surface area contributed by atoms with Gasteiger partial charge in [0.1, 0.15) is 23.9 Å². The van der Waals surface area contributed by atoms with Crippen molar-refractivity contribution in [1.82, 2.24) is 9.59 Å². The maximum Gasteiger partial charge on any atom is 0.162 e. The molecule has 1 aliphatic rings. The zero-order valence-corrected chi connectivity index (χ0v) is 12.0. The van der Waals surface area contributed by atoms with Crippen molar-refractivity contribution in [3.05, 3.63) is 23.9 Å². The van der Waals surface area contributed by atoms with Gasteiger partial charge in [-0.2, -0.15) is 0 Å². The predicted octanol–water partition coefficient (Wildman–Crippen LogP) is 2.64. The summed E-state index contributed by atoms with van der Waals surface area (Å²) in [5, 5.41) is 8.23. The van der Waals surface area contributed by atoms with Crippen LogP contribution in [-0.2, 0) is 5.75 Å². The Bertz CT molecular complexity index is 574. The van der Waals surface area contributed by atoms with Crippen LogP contribution in [0.2, 0.25) is 0 Å². The van der Waals surface area contributed by atoms with E-state index in [-0.39, 0.29) is 0 Å². The molecule has 1 aromatic carbocycles. The van der Waals surface area contributed by atoms with Crippen LogP contribution in [0.25, 0.3) is 0 Å². The van der Waals surface area contributed by atoms with Crippen molar-refractivity contribution in [2.45, 2.75) is 10.6 Å². The molecular formula is C12H13N3O2S2. The molecule has 2 aromatic rings. The Morgan fingerprint density at radius 2 is 2.16 bits per heavy atom. The summed E-state index contributed by atoms with van der Waals surface area (Å²) in [7, 11) is 1.88. The molecule has 0 amide bonds. The molecule has 0 fully saturated rings. The topological polar surface area (TPSA) is 56.3 Å². The summed E-state index contributed by atoms with van der Waals surface area (Å²) in [6.07, 6.45) is 0. The second kappa shape index (κ2) is 5.66. The maximum atomic E-state index is 5.57. The van der Waals surface area contributed by atoms with E-state index in [1.165, 1.54) is 11.5 Å². The van der Waals surface area contributed by atoms with Gasteiger partial charge >= 0.3 is 0 Å². The second-order valence-corrected chi connectivity index (χ2v) is 5.70. The highest BCUT2D eigenvalue weighted by molar-refractivity contribution is 7.98. The van der Waals surface area contributed by atoms with Crippen LogP contribution in [0.3, 0.4) is 0 Å². The van der Waals surface area contributed by atoms with E-state index in [4.69, 9.17) is 9.47 Å². The highest BCUT2D eigenvalue weighted by atomic mass is 32.2. The summed E-state index contributed by atoms with van der Waals surface area (Å²) >= 11 is 3.09. The molecule has 0 saturated carbocycles. The minimum absolute atomic E-state index is 0.612. The third kappa shape index (κ3) is 2.76. The Morgan fingerprint density at radius 1 is 1.32 bits per heavy atom. The predicted molar refractivity (Wildman–Crippen MR) is 76.4 cm³/mol. The van der Waals surface area contributed by atoms with E-state index >= 15 is 0 Å². The Kier molecular flexibility index (Phi) is 3.74. The molecule has 0 atom stereocenters. The zero-order valence-electron chi connectivity index (χ0n) is 10.4. The molecule has 100 valence electrons. The molecule has 2 heterocycles. The molecule has 5 nitrogen and oxygen atoms in total. The van der Waals surface area contributed by atoms with Crippen molar-refractivity contribution >= 4 is 28.3 Å². The number of thioether (sulfide) groups is 1. The lowest BCUT2D eigenvalue weighted by atomic mass is 10.3. The molecule has 0 unspecified atom stereocenters. The molecule has 0 bridgehead atoms. The van der Waals surface area contributed by atoms with Gasteiger partial charge < -0.3 is 14.8 Å². The van der Waals surface area contributed by atoms with Crippen LogP contribution < -0.4 is 14.8 Å². The molecule has 0 aliphatic carbocycles. The summed E-state index contributed by atoms with van der Waals surface area (Å²) in [4.78, 5) is 1.14. The van der Waals surface area contributed by atoms with Gasteiger partial charge in [0, 0.05) is 29.2 Å². The van der Waals surface area contributed by atoms with Crippen LogP contribution in [0.4, 0.5) is 5.00 Å². The van der Waals surface area contributed by atoms with Crippen LogP contribution in [0.1, 0.15) is 5.69 Å². The first-order valence-corrected chi connectivity index (χ1v) is 7.64. The Balaban J connectivity index is 1.70. The fourth-order valence-electron chi connectivity index (χ4n) is 1.76. The molecule has 1 aliphatic heterocycles. The first-order chi connectivity index (χ1) is 9.36. The van der Waals surface area contributed by atoms with Gasteiger partial charge in [0.25, 0.3) is 0 Å². The normalized spacial score (nSPS) is 13.3. The van der Waals surface area contributed by atoms with Gasteiger partial charge in [-0.1, -0.05) is 4.49 Å². The lowest BCUT2D eigenvalue weighted by molar-refractivity contribution is 0.171. The lowest BCUT2D eigenvalue weighted by Crippen LogP contribution is -2.15. The van der Waals surface area contributed by atoms with Gasteiger partial charge in [-0.25, -0.2) is 0 Å². The second-order valence-electron chi connectivity index (χ2n) is 3.89. The highest BCUT2D eigenvalue weighted by Crippen LogP contribution is 2.35. The van der Waals surface area contributed by atoms with Gasteiger partial charge in [-0.3, -0.25) is 0 Å². The number of rotatable bonds is 4. The van der Waals surface area contributed by atoms with Crippen LogP contribution in [0.5, 0.6) is 11.5 Å². The molecule has 0 spiro atoms. The lowest BCUT2D eigenvalue weighted by Gasteiger charge is -2.18. The van der Waals surface area contributed by atoms with Gasteiger partial charge in [-0.05, 0) is 18.2 Å². The molecule has 3 rings (SSSR count). The van der Waals surface area contributed by atoms with Gasteiger partial charge in [0.15, 0.2) is 11.5 Å². The van der Waals surface area contributed by atoms with Crippen molar-refractivity contribution in [2.75, 3.05) is 25.6 Å². The maximum absolute atomic E-state index is 5.57. The first kappa shape index (κ1) is 12.6. The molecule has 7 heteroatoms. The first-order valence-electron chi connectivity index (χ1n) is 5.88. The van der Waals surface area contributed by atoms with Crippen molar-refractivity contribution in [3.8, 4) is 11.5 Å². The summed E-state index contributed by atoms with van der Waals surface area (Å²) in [5.74, 6) is 2.43. The van der Waals surface area contributed by atoms with E-state index in [0.29, 0.717) is 13.2 Å². The smallest absolute Gasteiger partial charge is 0.162 e. The van der Waals surface area contributed by atoms with Crippen LogP contribution >= 0.6 is 23.3 Å². The fourth-order valence-corrected chi connectivity index (χ4v) is 3.24. The van der Waals surface area contributed by atoms with Gasteiger partial charge in [-0.15, -0.1) is 16.9 Å². The van der Waals surface area contributed by atoms with E-state index in [1.54, 1.807) is 11.8 Å². The standard InChI is InChI=1S/C12H13N3O2S2/c1-13-12-9(14-15-19-12)7-18-8-2-3-10-11(6-8)17-5-4-16-10/h2-3,6,13H,4-5,7H2,1H3. The largest absolute Gasteiger partial charge is 0.486 e. The van der Waals surface area contributed by atoms with Crippen molar-refractivity contribution in [2.24, 2.45) is 0 Å². The number of fused-ring (bicyclic) bond motifs is 1. The summed E-state index contributed by atoms with van der Waals surface area (Å²) in [5.41, 5.74) is 0.979. The Labute approximate surface area is 119 Å². The van der Waals surface area contributed by atoms with E-state index in [2.05, 4.69) is 14.9 Å². The third-order valence-electron chi connectivity index (χ3n) is 2.67. The Hall–Kier alpha value is -1.47. The van der Waals surface area contributed by atoms with Gasteiger partial charge in [0.05, 0.1) is 0 Å². The van der Waals surface area contributed by atoms with E-state index in [0.717, 1.165) is 32.8 Å². The SMILES string of the molecule is CNc1snnc1CSc1ccc2c(c1)OCCO2. The third-order valence-corrected chi connectivity index (χ3v) is 4.46. The highest BCUT2D eigenvalue weighted by Gasteiger charge is 2.13. The number of aromatic nitrogens is 2. The molecule has 0 saturated heterocycles. The number of benzene rings is 1. The monoisotopic (exact) mass is 295 g/mol. The number of hydrogen-bond donors (Lipinski definition) is 1. The zero-order chi connectivity index (χ0) is 13.1. The molecule has 1 N–H and O–H groups in total. The van der Waals surface area contributed by atoms with E-state index in [9.17, 15) is 0 Å². The summed E-state index contributed by atoms with van der Waals surface area (Å²) < 4.78 is 15.0. The molecular weight excluding hydrogens is 282 g/mol. The number of ether oxygens (including phenoxy) is 2. The number of hydrogen-bond acceptors (Lipinski definition) is 7. The van der Waals surface area contributed by atoms with E-state index in [1.807, 2.05) is 25.2 Å². The molecule has 0 radical (unpaired) electrons. The van der Waals surface area contributed by atoms with Crippen molar-refractivity contribution in [3.63, 3.8) is 0 Å². The molecule has 19 heavy (non-hydrogen) atoms. The summed E-state index contributed by atoms with van der Waals surface area (Å²) in [6, 6.07) is 6.00. The van der Waals surface area contributed by atoms with Crippen LogP contribution in [0, 0.1) is 0 Å². The average Bonchev–Trinajstić information content (AvgIpc) is 2.92. The minimum Gasteiger partial charge on any atom is -0.486 e. The number of anilines is 1. The van der Waals surface area contributed by atoms with Gasteiger partial charge in [0.2, 0.25) is 0 Å². The van der Waals surface area contributed by atoms with Crippen LogP contribution in [0.15, 0.2) is 23.1 Å². The Morgan fingerprint density at radius 3 is 3.00 bits per heavy atom. The fraction of sp³-hybridized carbons (Fsp3) is 0.333. The number of nitrogens with one attached hydrogen (secondary N) is 1. The minimum atomic E-state index is 0.612.